The largest absolute Gasteiger partial charge is 0.374 e. The van der Waals surface area contributed by atoms with Gasteiger partial charge in [0.05, 0.1) is 53.0 Å². The second-order valence-electron chi connectivity index (χ2n) is 17.6. The van der Waals surface area contributed by atoms with Crippen molar-refractivity contribution < 1.29 is 27.5 Å². The van der Waals surface area contributed by atoms with Crippen LogP contribution in [0.1, 0.15) is 37.9 Å². The van der Waals surface area contributed by atoms with Crippen molar-refractivity contribution >= 4 is 51.5 Å². The maximum Gasteiger partial charge on any atom is 0.245 e. The third-order valence-electron chi connectivity index (χ3n) is 13.5. The van der Waals surface area contributed by atoms with Gasteiger partial charge in [-0.3, -0.25) is 9.59 Å². The average molecular weight is 845 g/mol. The summed E-state index contributed by atoms with van der Waals surface area (Å²) in [5, 5.41) is 8.69. The van der Waals surface area contributed by atoms with Crippen LogP contribution >= 0.6 is 0 Å². The van der Waals surface area contributed by atoms with Crippen molar-refractivity contribution in [3.63, 3.8) is 0 Å². The number of rotatable bonds is 4. The van der Waals surface area contributed by atoms with Crippen molar-refractivity contribution in [3.05, 3.63) is 78.0 Å². The number of hydrogen-bond donors (Lipinski definition) is 1. The molecular formula is C44H43F3N12O3. The minimum Gasteiger partial charge on any atom is -0.374 e. The number of carbonyl (C=O) groups excluding carboxylic acids is 2. The molecule has 2 unspecified atom stereocenters. The molecule has 62 heavy (non-hydrogen) atoms. The van der Waals surface area contributed by atoms with Gasteiger partial charge in [0.1, 0.15) is 40.8 Å². The molecule has 6 fully saturated rings. The van der Waals surface area contributed by atoms with Crippen molar-refractivity contribution in [3.8, 4) is 16.9 Å². The van der Waals surface area contributed by atoms with Gasteiger partial charge in [0.2, 0.25) is 17.8 Å². The number of imidazole rings is 1. The molecule has 318 valence electrons. The van der Waals surface area contributed by atoms with E-state index in [2.05, 4.69) is 15.3 Å². The van der Waals surface area contributed by atoms with Gasteiger partial charge in [-0.25, -0.2) is 27.8 Å². The molecule has 18 heteroatoms. The van der Waals surface area contributed by atoms with Gasteiger partial charge in [0.15, 0.2) is 11.5 Å². The maximum atomic E-state index is 15.5. The number of nitrogens with zero attached hydrogens (tertiary/aromatic N) is 11. The van der Waals surface area contributed by atoms with E-state index in [1.807, 2.05) is 44.4 Å². The normalized spacial score (nSPS) is 24.8. The molecule has 5 saturated heterocycles. The average Bonchev–Trinajstić information content (AvgIpc) is 3.87. The van der Waals surface area contributed by atoms with Gasteiger partial charge in [0, 0.05) is 69.0 Å². The number of benzene rings is 2. The van der Waals surface area contributed by atoms with Crippen molar-refractivity contribution in [1.29, 1.82) is 0 Å². The number of piperazine rings is 1. The highest BCUT2D eigenvalue weighted by Gasteiger charge is 2.50. The molecule has 1 aliphatic carbocycles. The fourth-order valence-electron chi connectivity index (χ4n) is 10.4. The van der Waals surface area contributed by atoms with Crippen molar-refractivity contribution in [1.82, 2.24) is 44.1 Å². The van der Waals surface area contributed by atoms with Gasteiger partial charge >= 0.3 is 0 Å². The van der Waals surface area contributed by atoms with Crippen LogP contribution in [0.15, 0.2) is 54.7 Å². The Morgan fingerprint density at radius 2 is 1.76 bits per heavy atom. The van der Waals surface area contributed by atoms with E-state index in [4.69, 9.17) is 24.7 Å². The highest BCUT2D eigenvalue weighted by Crippen LogP contribution is 2.42. The number of amides is 2. The Labute approximate surface area is 353 Å². The van der Waals surface area contributed by atoms with Gasteiger partial charge in [-0.05, 0) is 69.4 Å². The molecule has 1 saturated carbocycles. The topological polar surface area (TPSA) is 143 Å². The molecule has 5 atom stereocenters. The number of halogens is 3. The molecule has 2 amide bonds. The van der Waals surface area contributed by atoms with Crippen LogP contribution in [0, 0.1) is 30.3 Å². The Bertz CT molecular complexity index is 2820. The molecule has 1 N–H and O–H groups in total. The summed E-state index contributed by atoms with van der Waals surface area (Å²) in [5.41, 5.74) is 2.77. The highest BCUT2D eigenvalue weighted by atomic mass is 19.1. The minimum atomic E-state index is -0.803. The van der Waals surface area contributed by atoms with Gasteiger partial charge in [0.25, 0.3) is 0 Å². The predicted molar refractivity (Wildman–Crippen MR) is 222 cm³/mol. The summed E-state index contributed by atoms with van der Waals surface area (Å²) >= 11 is 0. The number of hydrogen-bond acceptors (Lipinski definition) is 11. The van der Waals surface area contributed by atoms with E-state index in [0.29, 0.717) is 110 Å². The van der Waals surface area contributed by atoms with Crippen LogP contribution in [0.3, 0.4) is 0 Å². The lowest BCUT2D eigenvalue weighted by Crippen LogP contribution is -2.70. The molecule has 6 aromatic rings. The maximum absolute atomic E-state index is 15.5. The van der Waals surface area contributed by atoms with Gasteiger partial charge in [-0.15, -0.1) is 0 Å². The summed E-state index contributed by atoms with van der Waals surface area (Å²) in [6.45, 7) is 4.98. The summed E-state index contributed by atoms with van der Waals surface area (Å²) < 4.78 is 54.7. The van der Waals surface area contributed by atoms with E-state index in [-0.39, 0.29) is 47.6 Å². The second kappa shape index (κ2) is 14.1. The summed E-state index contributed by atoms with van der Waals surface area (Å²) in [5.74, 6) is 0.402. The molecule has 4 aromatic heterocycles. The Balaban J connectivity index is 0.978. The fourth-order valence-corrected chi connectivity index (χ4v) is 10.4. The van der Waals surface area contributed by atoms with E-state index < -0.39 is 23.5 Å². The molecule has 0 radical (unpaired) electrons. The molecule has 0 spiro atoms. The predicted octanol–water partition coefficient (Wildman–Crippen LogP) is 4.84. The molecule has 6 aliphatic heterocycles. The third-order valence-corrected chi connectivity index (χ3v) is 13.5. The van der Waals surface area contributed by atoms with E-state index in [1.54, 1.807) is 6.20 Å². The standard InChI is InChI=1S/C44H43F3N12O3/c1-23-49-35-14-26(46)12-31-34-4-2-5-38(51-34)50-27-15-37(43(61)54-10-3-11-62-30(21-54)22-56(23)39(31)35)57(18-27)40-32-17-48-59(36-9-8-25(45)13-33(36)47)41(32)53-44(52-40)58-28-16-29(58)20-55(19-28)42(60)24-6-7-24/h2,4-5,8-9,12-14,17,24,27-30,37H,3,6-7,10-11,15-16,18-22H2,1H3,(H,50,51)/t27-,28?,29?,30+,37-/m0/s1. The zero-order valence-electron chi connectivity index (χ0n) is 33.9. The van der Waals surface area contributed by atoms with Crippen molar-refractivity contribution in [2.45, 2.75) is 75.8 Å². The Kier molecular flexibility index (Phi) is 8.53. The lowest BCUT2D eigenvalue weighted by atomic mass is 9.87. The summed E-state index contributed by atoms with van der Waals surface area (Å²) in [6, 6.07) is 10.8. The lowest BCUT2D eigenvalue weighted by Gasteiger charge is -2.56. The number of pyridine rings is 1. The first-order valence-corrected chi connectivity index (χ1v) is 21.5. The number of fused-ring (bicyclic) bond motifs is 10. The van der Waals surface area contributed by atoms with E-state index in [1.165, 1.54) is 28.9 Å². The van der Waals surface area contributed by atoms with Crippen LogP contribution < -0.4 is 15.1 Å². The highest BCUT2D eigenvalue weighted by molar-refractivity contribution is 5.95. The molecule has 7 aliphatic rings. The second-order valence-corrected chi connectivity index (χ2v) is 17.6. The van der Waals surface area contributed by atoms with Gasteiger partial charge < -0.3 is 34.2 Å². The third kappa shape index (κ3) is 6.15. The lowest BCUT2D eigenvalue weighted by molar-refractivity contribution is -0.135. The molecule has 15 nitrogen and oxygen atoms in total. The number of piperidine rings is 1. The van der Waals surface area contributed by atoms with Crippen LogP contribution in [0.25, 0.3) is 39.0 Å². The summed E-state index contributed by atoms with van der Waals surface area (Å²) in [4.78, 5) is 56.3. The number of ether oxygens (including phenoxy) is 1. The fraction of sp³-hybridized carbons (Fsp3) is 0.432. The zero-order chi connectivity index (χ0) is 42.0. The SMILES string of the molecule is Cc1nc2cc(F)cc3c2n1C[C@H]1CN(CCCO1)C(=O)[C@@H]1C[C@@H](CN1c1nc(N2C4CC2CN(C(=O)C2CC2)C4)nc2c1cnn2-c1ccc(F)cc1F)Nc1cccc-3n1. The number of nitrogens with one attached hydrogen (secondary N) is 1. The minimum absolute atomic E-state index is 0.0176. The Morgan fingerprint density at radius 3 is 2.58 bits per heavy atom. The smallest absolute Gasteiger partial charge is 0.245 e. The number of carbonyl (C=O) groups is 2. The van der Waals surface area contributed by atoms with Crippen LogP contribution in [0.2, 0.25) is 0 Å². The molecule has 10 heterocycles. The van der Waals surface area contributed by atoms with Crippen LogP contribution in [-0.2, 0) is 20.9 Å². The zero-order valence-corrected chi connectivity index (χ0v) is 33.9. The molecule has 13 rings (SSSR count). The summed E-state index contributed by atoms with van der Waals surface area (Å²) in [6.07, 6.45) is 4.96. The van der Waals surface area contributed by atoms with Gasteiger partial charge in [-0.2, -0.15) is 15.1 Å². The van der Waals surface area contributed by atoms with E-state index in [9.17, 15) is 9.18 Å². The Hall–Kier alpha value is -6.30. The number of aromatic nitrogens is 7. The number of anilines is 3. The first-order chi connectivity index (χ1) is 30.1. The van der Waals surface area contributed by atoms with E-state index >= 15 is 13.6 Å². The Morgan fingerprint density at radius 1 is 0.903 bits per heavy atom. The van der Waals surface area contributed by atoms with E-state index in [0.717, 1.165) is 30.8 Å². The molecule has 2 aromatic carbocycles. The van der Waals surface area contributed by atoms with Crippen LogP contribution in [0.5, 0.6) is 0 Å². The summed E-state index contributed by atoms with van der Waals surface area (Å²) in [7, 11) is 0. The van der Waals surface area contributed by atoms with Gasteiger partial charge in [-0.1, -0.05) is 6.07 Å². The first-order valence-electron chi connectivity index (χ1n) is 21.5. The number of aryl methyl sites for hydroxylation is 1. The monoisotopic (exact) mass is 844 g/mol. The quantitative estimate of drug-likeness (QED) is 0.261. The molecule has 8 bridgehead atoms. The first kappa shape index (κ1) is 37.5. The van der Waals surface area contributed by atoms with Crippen molar-refractivity contribution in [2.24, 2.45) is 5.92 Å². The molecular weight excluding hydrogens is 802 g/mol. The van der Waals surface area contributed by atoms with Crippen LogP contribution in [0.4, 0.5) is 30.8 Å². The van der Waals surface area contributed by atoms with Crippen molar-refractivity contribution in [2.75, 3.05) is 54.4 Å². The van der Waals surface area contributed by atoms with Crippen LogP contribution in [-0.4, -0.2) is 125 Å².